The number of amides is 2. The maximum Gasteiger partial charge on any atom is 0.314 e. The van der Waals surface area contributed by atoms with Gasteiger partial charge in [-0.05, 0) is 31.1 Å². The number of urea groups is 1. The highest BCUT2D eigenvalue weighted by Crippen LogP contribution is 2.28. The summed E-state index contributed by atoms with van der Waals surface area (Å²) in [6.45, 7) is 5.81. The molecule has 20 heavy (non-hydrogen) atoms. The fraction of sp³-hybridized carbons (Fsp3) is 0.857. The molecule has 1 aliphatic rings. The molecule has 1 atom stereocenters. The SMILES string of the molecule is CC(C)CC(CNC(=O)NCCOCC1CC1)C(=O)O. The minimum atomic E-state index is -0.869. The first-order valence-corrected chi connectivity index (χ1v) is 7.31. The molecule has 0 aromatic heterocycles. The second kappa shape index (κ2) is 8.79. The molecule has 0 bridgehead atoms. The first-order chi connectivity index (χ1) is 9.49. The molecule has 1 rings (SSSR count). The molecule has 1 unspecified atom stereocenters. The average molecular weight is 286 g/mol. The maximum atomic E-state index is 11.5. The van der Waals surface area contributed by atoms with Crippen LogP contribution in [0.1, 0.15) is 33.1 Å². The van der Waals surface area contributed by atoms with Gasteiger partial charge in [0.1, 0.15) is 0 Å². The maximum absolute atomic E-state index is 11.5. The normalized spacial score (nSPS) is 15.9. The van der Waals surface area contributed by atoms with Crippen molar-refractivity contribution >= 4 is 12.0 Å². The van der Waals surface area contributed by atoms with Crippen LogP contribution >= 0.6 is 0 Å². The van der Waals surface area contributed by atoms with Crippen LogP contribution in [0.25, 0.3) is 0 Å². The lowest BCUT2D eigenvalue weighted by Gasteiger charge is -2.15. The number of nitrogens with one attached hydrogen (secondary N) is 2. The highest BCUT2D eigenvalue weighted by molar-refractivity contribution is 5.75. The van der Waals surface area contributed by atoms with E-state index in [-0.39, 0.29) is 18.5 Å². The van der Waals surface area contributed by atoms with Crippen molar-refractivity contribution in [3.8, 4) is 0 Å². The van der Waals surface area contributed by atoms with Crippen LogP contribution in [-0.2, 0) is 9.53 Å². The Labute approximate surface area is 120 Å². The molecule has 1 fully saturated rings. The number of carboxylic acids is 1. The predicted molar refractivity (Wildman–Crippen MR) is 75.5 cm³/mol. The standard InChI is InChI=1S/C14H26N2O4/c1-10(2)7-12(13(17)18)8-16-14(19)15-5-6-20-9-11-3-4-11/h10-12H,3-9H2,1-2H3,(H,17,18)(H2,15,16,19). The van der Waals surface area contributed by atoms with E-state index in [0.29, 0.717) is 19.6 Å². The van der Waals surface area contributed by atoms with Gasteiger partial charge in [-0.3, -0.25) is 4.79 Å². The lowest BCUT2D eigenvalue weighted by molar-refractivity contribution is -0.142. The van der Waals surface area contributed by atoms with E-state index < -0.39 is 11.9 Å². The van der Waals surface area contributed by atoms with Crippen molar-refractivity contribution in [2.75, 3.05) is 26.3 Å². The van der Waals surface area contributed by atoms with Crippen molar-refractivity contribution in [2.24, 2.45) is 17.8 Å². The van der Waals surface area contributed by atoms with Crippen molar-refractivity contribution in [3.05, 3.63) is 0 Å². The number of hydrogen-bond acceptors (Lipinski definition) is 3. The predicted octanol–water partition coefficient (Wildman–Crippen LogP) is 1.46. The van der Waals surface area contributed by atoms with Crippen LogP contribution in [0.15, 0.2) is 0 Å². The molecular formula is C14H26N2O4. The van der Waals surface area contributed by atoms with Gasteiger partial charge in [-0.2, -0.15) is 0 Å². The molecule has 2 amide bonds. The summed E-state index contributed by atoms with van der Waals surface area (Å²) in [7, 11) is 0. The van der Waals surface area contributed by atoms with Gasteiger partial charge in [-0.1, -0.05) is 13.8 Å². The largest absolute Gasteiger partial charge is 0.481 e. The Morgan fingerprint density at radius 2 is 2.00 bits per heavy atom. The molecular weight excluding hydrogens is 260 g/mol. The third kappa shape index (κ3) is 7.99. The van der Waals surface area contributed by atoms with Crippen LogP contribution < -0.4 is 10.6 Å². The van der Waals surface area contributed by atoms with Crippen molar-refractivity contribution < 1.29 is 19.4 Å². The average Bonchev–Trinajstić information content (AvgIpc) is 3.17. The summed E-state index contributed by atoms with van der Waals surface area (Å²) in [5.41, 5.74) is 0. The second-order valence-electron chi connectivity index (χ2n) is 5.82. The first-order valence-electron chi connectivity index (χ1n) is 7.31. The fourth-order valence-corrected chi connectivity index (χ4v) is 1.89. The molecule has 0 aromatic carbocycles. The number of ether oxygens (including phenoxy) is 1. The van der Waals surface area contributed by atoms with Gasteiger partial charge in [0.25, 0.3) is 0 Å². The van der Waals surface area contributed by atoms with Crippen molar-refractivity contribution in [1.29, 1.82) is 0 Å². The van der Waals surface area contributed by atoms with E-state index in [0.717, 1.165) is 12.5 Å². The lowest BCUT2D eigenvalue weighted by atomic mass is 9.97. The summed E-state index contributed by atoms with van der Waals surface area (Å²) in [5, 5.41) is 14.3. The number of carboxylic acid groups (broad SMARTS) is 1. The van der Waals surface area contributed by atoms with Gasteiger partial charge in [0.2, 0.25) is 0 Å². The molecule has 3 N–H and O–H groups in total. The second-order valence-corrected chi connectivity index (χ2v) is 5.82. The first kappa shape index (κ1) is 16.8. The third-order valence-electron chi connectivity index (χ3n) is 3.20. The highest BCUT2D eigenvalue weighted by atomic mass is 16.5. The molecule has 0 aromatic rings. The molecule has 0 spiro atoms. The number of carbonyl (C=O) groups excluding carboxylic acids is 1. The lowest BCUT2D eigenvalue weighted by Crippen LogP contribution is -2.41. The summed E-state index contributed by atoms with van der Waals surface area (Å²) in [6, 6.07) is -0.338. The van der Waals surface area contributed by atoms with Gasteiger partial charge in [-0.15, -0.1) is 0 Å². The monoisotopic (exact) mass is 286 g/mol. The zero-order chi connectivity index (χ0) is 15.0. The molecule has 0 radical (unpaired) electrons. The smallest absolute Gasteiger partial charge is 0.314 e. The molecule has 6 nitrogen and oxygen atoms in total. The zero-order valence-electron chi connectivity index (χ0n) is 12.4. The summed E-state index contributed by atoms with van der Waals surface area (Å²) in [6.07, 6.45) is 3.06. The van der Waals surface area contributed by atoms with Crippen LogP contribution in [0, 0.1) is 17.8 Å². The number of aliphatic carboxylic acids is 1. The Morgan fingerprint density at radius 1 is 1.30 bits per heavy atom. The van der Waals surface area contributed by atoms with Crippen molar-refractivity contribution in [3.63, 3.8) is 0 Å². The molecule has 1 aliphatic carbocycles. The Kier molecular flexibility index (Phi) is 7.36. The van der Waals surface area contributed by atoms with Crippen LogP contribution in [0.2, 0.25) is 0 Å². The van der Waals surface area contributed by atoms with Crippen LogP contribution in [-0.4, -0.2) is 43.4 Å². The zero-order valence-corrected chi connectivity index (χ0v) is 12.4. The highest BCUT2D eigenvalue weighted by Gasteiger charge is 2.21. The van der Waals surface area contributed by atoms with E-state index in [4.69, 9.17) is 9.84 Å². The van der Waals surface area contributed by atoms with Gasteiger partial charge in [0.05, 0.1) is 12.5 Å². The molecule has 0 saturated heterocycles. The van der Waals surface area contributed by atoms with E-state index >= 15 is 0 Å². The van der Waals surface area contributed by atoms with Crippen molar-refractivity contribution in [2.45, 2.75) is 33.1 Å². The number of hydrogen-bond donors (Lipinski definition) is 3. The summed E-state index contributed by atoms with van der Waals surface area (Å²) < 4.78 is 5.39. The van der Waals surface area contributed by atoms with Crippen LogP contribution in [0.5, 0.6) is 0 Å². The topological polar surface area (TPSA) is 87.7 Å². The fourth-order valence-electron chi connectivity index (χ4n) is 1.89. The summed E-state index contributed by atoms with van der Waals surface area (Å²) >= 11 is 0. The minimum absolute atomic E-state index is 0.155. The summed E-state index contributed by atoms with van der Waals surface area (Å²) in [5.74, 6) is -0.397. The molecule has 6 heteroatoms. The van der Waals surface area contributed by atoms with Crippen molar-refractivity contribution in [1.82, 2.24) is 10.6 Å². The van der Waals surface area contributed by atoms with E-state index in [1.165, 1.54) is 12.8 Å². The van der Waals surface area contributed by atoms with E-state index in [2.05, 4.69) is 10.6 Å². The Bertz CT molecular complexity index is 316. The van der Waals surface area contributed by atoms with Gasteiger partial charge in [0, 0.05) is 19.7 Å². The van der Waals surface area contributed by atoms with Crippen LogP contribution in [0.3, 0.4) is 0 Å². The quantitative estimate of drug-likeness (QED) is 0.531. The van der Waals surface area contributed by atoms with E-state index in [1.807, 2.05) is 13.8 Å². The van der Waals surface area contributed by atoms with E-state index in [1.54, 1.807) is 0 Å². The number of carbonyl (C=O) groups is 2. The Balaban J connectivity index is 2.05. The molecule has 0 heterocycles. The minimum Gasteiger partial charge on any atom is -0.481 e. The molecule has 116 valence electrons. The van der Waals surface area contributed by atoms with Gasteiger partial charge >= 0.3 is 12.0 Å². The third-order valence-corrected chi connectivity index (χ3v) is 3.20. The Morgan fingerprint density at radius 3 is 2.55 bits per heavy atom. The molecule has 0 aliphatic heterocycles. The van der Waals surface area contributed by atoms with Gasteiger partial charge in [-0.25, -0.2) is 4.79 Å². The van der Waals surface area contributed by atoms with Gasteiger partial charge in [0.15, 0.2) is 0 Å². The van der Waals surface area contributed by atoms with E-state index in [9.17, 15) is 9.59 Å². The Hall–Kier alpha value is -1.30. The summed E-state index contributed by atoms with van der Waals surface area (Å²) in [4.78, 5) is 22.5. The van der Waals surface area contributed by atoms with Crippen LogP contribution in [0.4, 0.5) is 4.79 Å². The molecule has 1 saturated carbocycles. The number of rotatable bonds is 10. The van der Waals surface area contributed by atoms with Gasteiger partial charge < -0.3 is 20.5 Å².